The lowest BCUT2D eigenvalue weighted by Gasteiger charge is -2.30. The number of aromatic nitrogens is 1. The van der Waals surface area contributed by atoms with Crippen molar-refractivity contribution in [2.45, 2.75) is 33.2 Å². The molecule has 1 atom stereocenters. The lowest BCUT2D eigenvalue weighted by atomic mass is 10.1. The largest absolute Gasteiger partial charge is 0.352 e. The first-order valence-corrected chi connectivity index (χ1v) is 6.81. The van der Waals surface area contributed by atoms with Crippen molar-refractivity contribution < 1.29 is 0 Å². The second kappa shape index (κ2) is 6.01. The van der Waals surface area contributed by atoms with Crippen molar-refractivity contribution in [2.24, 2.45) is 0 Å². The molecule has 3 heteroatoms. The zero-order valence-electron chi connectivity index (χ0n) is 11.6. The molecule has 1 aliphatic heterocycles. The predicted octanol–water partition coefficient (Wildman–Crippen LogP) is 2.91. The topological polar surface area (TPSA) is 28.2 Å². The molecule has 98 valence electrons. The minimum absolute atomic E-state index is 0.352. The second-order valence-corrected chi connectivity index (χ2v) is 4.96. The standard InChI is InChI=1S/C15H23N3/c1-4-16-13(3)14-8-5-9-17-15(14)18-10-6-7-12(2)11-18/h5,7-9,13,16H,4,6,10-11H2,1-3H3. The molecule has 0 amide bonds. The van der Waals surface area contributed by atoms with Crippen molar-refractivity contribution in [1.29, 1.82) is 0 Å². The summed E-state index contributed by atoms with van der Waals surface area (Å²) in [4.78, 5) is 6.99. The van der Waals surface area contributed by atoms with E-state index in [2.05, 4.69) is 48.1 Å². The number of hydrogen-bond acceptors (Lipinski definition) is 3. The summed E-state index contributed by atoms with van der Waals surface area (Å²) < 4.78 is 0. The molecule has 0 aromatic carbocycles. The molecule has 0 aliphatic carbocycles. The molecule has 1 N–H and O–H groups in total. The summed E-state index contributed by atoms with van der Waals surface area (Å²) in [5.74, 6) is 1.14. The first kappa shape index (κ1) is 13.1. The lowest BCUT2D eigenvalue weighted by molar-refractivity contribution is 0.593. The van der Waals surface area contributed by atoms with Crippen LogP contribution in [0.2, 0.25) is 0 Å². The molecule has 0 fully saturated rings. The minimum atomic E-state index is 0.352. The van der Waals surface area contributed by atoms with Crippen molar-refractivity contribution in [1.82, 2.24) is 10.3 Å². The summed E-state index contributed by atoms with van der Waals surface area (Å²) in [6.07, 6.45) is 5.34. The average molecular weight is 245 g/mol. The third-order valence-electron chi connectivity index (χ3n) is 3.43. The Bertz CT molecular complexity index is 426. The van der Waals surface area contributed by atoms with Gasteiger partial charge in [-0.15, -0.1) is 0 Å². The van der Waals surface area contributed by atoms with Crippen LogP contribution in [0, 0.1) is 0 Å². The molecule has 2 rings (SSSR count). The van der Waals surface area contributed by atoms with E-state index in [0.717, 1.165) is 31.9 Å². The fraction of sp³-hybridized carbons (Fsp3) is 0.533. The van der Waals surface area contributed by atoms with Gasteiger partial charge in [0.1, 0.15) is 5.82 Å². The summed E-state index contributed by atoms with van der Waals surface area (Å²) in [6.45, 7) is 9.59. The molecule has 0 saturated heterocycles. The van der Waals surface area contributed by atoms with Crippen LogP contribution in [0.5, 0.6) is 0 Å². The number of nitrogens with zero attached hydrogens (tertiary/aromatic N) is 2. The maximum absolute atomic E-state index is 4.60. The molecule has 1 unspecified atom stereocenters. The third-order valence-corrected chi connectivity index (χ3v) is 3.43. The van der Waals surface area contributed by atoms with E-state index >= 15 is 0 Å². The molecule has 0 bridgehead atoms. The van der Waals surface area contributed by atoms with Gasteiger partial charge in [0.2, 0.25) is 0 Å². The first-order chi connectivity index (χ1) is 8.72. The Balaban J connectivity index is 2.24. The van der Waals surface area contributed by atoms with Crippen LogP contribution in [0.1, 0.15) is 38.8 Å². The van der Waals surface area contributed by atoms with Crippen molar-refractivity contribution in [3.05, 3.63) is 35.5 Å². The van der Waals surface area contributed by atoms with Crippen molar-refractivity contribution in [3.8, 4) is 0 Å². The van der Waals surface area contributed by atoms with Gasteiger partial charge in [0.15, 0.2) is 0 Å². The minimum Gasteiger partial charge on any atom is -0.352 e. The molecule has 18 heavy (non-hydrogen) atoms. The molecule has 3 nitrogen and oxygen atoms in total. The molecule has 1 aromatic heterocycles. The summed E-state index contributed by atoms with van der Waals surface area (Å²) in [5.41, 5.74) is 2.74. The van der Waals surface area contributed by atoms with E-state index in [9.17, 15) is 0 Å². The molecular formula is C15H23N3. The maximum Gasteiger partial charge on any atom is 0.133 e. The second-order valence-electron chi connectivity index (χ2n) is 4.96. The van der Waals surface area contributed by atoms with E-state index in [4.69, 9.17) is 0 Å². The van der Waals surface area contributed by atoms with Gasteiger partial charge in [-0.25, -0.2) is 4.98 Å². The van der Waals surface area contributed by atoms with Crippen LogP contribution in [-0.2, 0) is 0 Å². The summed E-state index contributed by atoms with van der Waals surface area (Å²) in [7, 11) is 0. The normalized spacial score (nSPS) is 17.5. The highest BCUT2D eigenvalue weighted by Gasteiger charge is 2.18. The van der Waals surface area contributed by atoms with E-state index < -0.39 is 0 Å². The Kier molecular flexibility index (Phi) is 4.37. The van der Waals surface area contributed by atoms with Crippen LogP contribution in [0.4, 0.5) is 5.82 Å². The quantitative estimate of drug-likeness (QED) is 0.827. The van der Waals surface area contributed by atoms with Crippen molar-refractivity contribution in [2.75, 3.05) is 24.5 Å². The van der Waals surface area contributed by atoms with Gasteiger partial charge in [-0.05, 0) is 32.9 Å². The maximum atomic E-state index is 4.60. The Morgan fingerprint density at radius 1 is 1.50 bits per heavy atom. The molecule has 0 radical (unpaired) electrons. The fourth-order valence-electron chi connectivity index (χ4n) is 2.52. The first-order valence-electron chi connectivity index (χ1n) is 6.81. The van der Waals surface area contributed by atoms with Gasteiger partial charge in [0, 0.05) is 30.9 Å². The average Bonchev–Trinajstić information content (AvgIpc) is 2.39. The van der Waals surface area contributed by atoms with Crippen LogP contribution in [0.25, 0.3) is 0 Å². The monoisotopic (exact) mass is 245 g/mol. The Morgan fingerprint density at radius 3 is 3.06 bits per heavy atom. The number of anilines is 1. The van der Waals surface area contributed by atoms with E-state index in [1.54, 1.807) is 0 Å². The lowest BCUT2D eigenvalue weighted by Crippen LogP contribution is -2.32. The van der Waals surface area contributed by atoms with Gasteiger partial charge in [0.05, 0.1) is 0 Å². The molecule has 1 aromatic rings. The highest BCUT2D eigenvalue weighted by atomic mass is 15.2. The van der Waals surface area contributed by atoms with E-state index in [0.29, 0.717) is 6.04 Å². The number of nitrogens with one attached hydrogen (secondary N) is 1. The molecule has 0 spiro atoms. The highest BCUT2D eigenvalue weighted by molar-refractivity contribution is 5.50. The Hall–Kier alpha value is -1.35. The van der Waals surface area contributed by atoms with Crippen LogP contribution in [-0.4, -0.2) is 24.6 Å². The summed E-state index contributed by atoms with van der Waals surface area (Å²) in [5, 5.41) is 3.47. The van der Waals surface area contributed by atoms with Gasteiger partial charge in [0.25, 0.3) is 0 Å². The van der Waals surface area contributed by atoms with Crippen molar-refractivity contribution >= 4 is 5.82 Å². The highest BCUT2D eigenvalue weighted by Crippen LogP contribution is 2.26. The van der Waals surface area contributed by atoms with Gasteiger partial charge < -0.3 is 10.2 Å². The zero-order chi connectivity index (χ0) is 13.0. The van der Waals surface area contributed by atoms with Crippen LogP contribution in [0.3, 0.4) is 0 Å². The van der Waals surface area contributed by atoms with Crippen LogP contribution < -0.4 is 10.2 Å². The number of hydrogen-bond donors (Lipinski definition) is 1. The zero-order valence-corrected chi connectivity index (χ0v) is 11.6. The smallest absolute Gasteiger partial charge is 0.133 e. The number of pyridine rings is 1. The molecule has 0 saturated carbocycles. The summed E-state index contributed by atoms with van der Waals surface area (Å²) in [6, 6.07) is 4.56. The SMILES string of the molecule is CCNC(C)c1cccnc1N1CCC=C(C)C1. The fourth-order valence-corrected chi connectivity index (χ4v) is 2.52. The van der Waals surface area contributed by atoms with E-state index in [-0.39, 0.29) is 0 Å². The van der Waals surface area contributed by atoms with Gasteiger partial charge in [-0.3, -0.25) is 0 Å². The van der Waals surface area contributed by atoms with Crippen molar-refractivity contribution in [3.63, 3.8) is 0 Å². The van der Waals surface area contributed by atoms with Gasteiger partial charge in [-0.2, -0.15) is 0 Å². The molecule has 2 heterocycles. The predicted molar refractivity (Wildman–Crippen MR) is 76.9 cm³/mol. The van der Waals surface area contributed by atoms with Crippen LogP contribution >= 0.6 is 0 Å². The molecule has 1 aliphatic rings. The third kappa shape index (κ3) is 2.91. The Morgan fingerprint density at radius 2 is 2.33 bits per heavy atom. The van der Waals surface area contributed by atoms with Crippen LogP contribution in [0.15, 0.2) is 30.0 Å². The Labute approximate surface area is 110 Å². The van der Waals surface area contributed by atoms with Gasteiger partial charge in [-0.1, -0.05) is 24.6 Å². The molecular weight excluding hydrogens is 222 g/mol. The number of rotatable bonds is 4. The van der Waals surface area contributed by atoms with E-state index in [1.807, 2.05) is 12.3 Å². The van der Waals surface area contributed by atoms with Gasteiger partial charge >= 0.3 is 0 Å². The van der Waals surface area contributed by atoms with E-state index in [1.165, 1.54) is 11.1 Å². The summed E-state index contributed by atoms with van der Waals surface area (Å²) >= 11 is 0.